The number of carbonyl (C=O) groups excluding carboxylic acids is 1. The van der Waals surface area contributed by atoms with E-state index >= 15 is 0 Å². The van der Waals surface area contributed by atoms with Gasteiger partial charge in [-0.2, -0.15) is 0 Å². The van der Waals surface area contributed by atoms with Crippen molar-refractivity contribution in [2.24, 2.45) is 0 Å². The number of hydrogen-bond donors (Lipinski definition) is 0. The van der Waals surface area contributed by atoms with E-state index in [0.717, 1.165) is 25.9 Å². The zero-order valence-electron chi connectivity index (χ0n) is 16.9. The maximum Gasteiger partial charge on any atom is 0.222 e. The molecular weight excluding hydrogens is 306 g/mol. The summed E-state index contributed by atoms with van der Waals surface area (Å²) in [6, 6.07) is 0. The van der Waals surface area contributed by atoms with Crippen molar-refractivity contribution in [2.75, 3.05) is 13.1 Å². The summed E-state index contributed by atoms with van der Waals surface area (Å²) in [5.74, 6) is 0.400. The molecule has 0 aromatic heterocycles. The molecule has 1 rings (SSSR count). The Morgan fingerprint density at radius 3 is 1.84 bits per heavy atom. The molecular formula is C23H43NO. The van der Waals surface area contributed by atoms with Crippen LogP contribution in [0.4, 0.5) is 0 Å². The van der Waals surface area contributed by atoms with E-state index in [9.17, 15) is 4.79 Å². The second-order valence-corrected chi connectivity index (χ2v) is 7.78. The van der Waals surface area contributed by atoms with Crippen molar-refractivity contribution < 1.29 is 4.79 Å². The van der Waals surface area contributed by atoms with E-state index in [1.165, 1.54) is 96.3 Å². The van der Waals surface area contributed by atoms with Gasteiger partial charge in [-0.15, -0.1) is 0 Å². The molecule has 0 atom stereocenters. The molecule has 25 heavy (non-hydrogen) atoms. The van der Waals surface area contributed by atoms with Crippen LogP contribution < -0.4 is 0 Å². The molecule has 0 radical (unpaired) electrons. The van der Waals surface area contributed by atoms with Crippen LogP contribution in [-0.2, 0) is 4.79 Å². The molecule has 0 unspecified atom stereocenters. The molecule has 0 bridgehead atoms. The molecule has 1 heterocycles. The van der Waals surface area contributed by atoms with Crippen molar-refractivity contribution >= 4 is 5.91 Å². The predicted molar refractivity (Wildman–Crippen MR) is 110 cm³/mol. The van der Waals surface area contributed by atoms with Crippen LogP contribution >= 0.6 is 0 Å². The van der Waals surface area contributed by atoms with Gasteiger partial charge < -0.3 is 4.90 Å². The molecule has 0 aromatic carbocycles. The second kappa shape index (κ2) is 16.7. The highest BCUT2D eigenvalue weighted by Gasteiger charge is 2.15. The van der Waals surface area contributed by atoms with Crippen molar-refractivity contribution in [1.29, 1.82) is 0 Å². The first kappa shape index (κ1) is 22.3. The van der Waals surface area contributed by atoms with Crippen LogP contribution in [0.3, 0.4) is 0 Å². The van der Waals surface area contributed by atoms with Crippen molar-refractivity contribution in [3.63, 3.8) is 0 Å². The fourth-order valence-electron chi connectivity index (χ4n) is 3.65. The van der Waals surface area contributed by atoms with E-state index < -0.39 is 0 Å². The number of likely N-dealkylation sites (tertiary alicyclic amines) is 1. The molecule has 0 spiro atoms. The van der Waals surface area contributed by atoms with Crippen LogP contribution in [0.2, 0.25) is 0 Å². The first-order chi connectivity index (χ1) is 12.3. The largest absolute Gasteiger partial charge is 0.343 e. The molecule has 1 amide bonds. The van der Waals surface area contributed by atoms with Gasteiger partial charge in [0.05, 0.1) is 0 Å². The van der Waals surface area contributed by atoms with E-state index in [1.807, 2.05) is 0 Å². The maximum absolute atomic E-state index is 12.0. The van der Waals surface area contributed by atoms with E-state index in [-0.39, 0.29) is 0 Å². The van der Waals surface area contributed by atoms with Crippen LogP contribution in [0.1, 0.15) is 116 Å². The van der Waals surface area contributed by atoms with Gasteiger partial charge in [0.25, 0.3) is 0 Å². The Morgan fingerprint density at radius 1 is 0.720 bits per heavy atom. The van der Waals surface area contributed by atoms with E-state index in [2.05, 4.69) is 24.0 Å². The van der Waals surface area contributed by atoms with Crippen LogP contribution in [0.25, 0.3) is 0 Å². The first-order valence-corrected chi connectivity index (χ1v) is 11.3. The van der Waals surface area contributed by atoms with Crippen LogP contribution in [-0.4, -0.2) is 23.9 Å². The van der Waals surface area contributed by atoms with Gasteiger partial charge in [-0.3, -0.25) is 4.79 Å². The van der Waals surface area contributed by atoms with Crippen molar-refractivity contribution in [1.82, 2.24) is 4.90 Å². The molecule has 0 saturated carbocycles. The average molecular weight is 350 g/mol. The highest BCUT2D eigenvalue weighted by Crippen LogP contribution is 2.13. The number of carbonyl (C=O) groups is 1. The highest BCUT2D eigenvalue weighted by molar-refractivity contribution is 5.76. The second-order valence-electron chi connectivity index (χ2n) is 7.78. The Bertz CT molecular complexity index is 331. The summed E-state index contributed by atoms with van der Waals surface area (Å²) in [4.78, 5) is 14.1. The minimum absolute atomic E-state index is 0.400. The molecule has 0 N–H and O–H groups in total. The van der Waals surface area contributed by atoms with Crippen LogP contribution in [0.5, 0.6) is 0 Å². The molecule has 146 valence electrons. The number of piperidine rings is 1. The smallest absolute Gasteiger partial charge is 0.222 e. The van der Waals surface area contributed by atoms with E-state index in [4.69, 9.17) is 0 Å². The zero-order valence-corrected chi connectivity index (χ0v) is 16.9. The quantitative estimate of drug-likeness (QED) is 0.229. The number of hydrogen-bond acceptors (Lipinski definition) is 1. The highest BCUT2D eigenvalue weighted by atomic mass is 16.2. The lowest BCUT2D eigenvalue weighted by Crippen LogP contribution is -2.35. The molecule has 2 heteroatoms. The van der Waals surface area contributed by atoms with Crippen molar-refractivity contribution in [3.05, 3.63) is 12.2 Å². The van der Waals surface area contributed by atoms with Gasteiger partial charge in [-0.05, 0) is 51.4 Å². The third-order valence-corrected chi connectivity index (χ3v) is 5.36. The van der Waals surface area contributed by atoms with Gasteiger partial charge >= 0.3 is 0 Å². The number of rotatable bonds is 15. The van der Waals surface area contributed by atoms with Crippen LogP contribution in [0.15, 0.2) is 12.2 Å². The Morgan fingerprint density at radius 2 is 1.24 bits per heavy atom. The Kier molecular flexibility index (Phi) is 14.8. The summed E-state index contributed by atoms with van der Waals surface area (Å²) >= 11 is 0. The topological polar surface area (TPSA) is 20.3 Å². The number of nitrogens with zero attached hydrogens (tertiary/aromatic N) is 1. The Hall–Kier alpha value is -0.790. The van der Waals surface area contributed by atoms with Crippen molar-refractivity contribution in [3.8, 4) is 0 Å². The van der Waals surface area contributed by atoms with E-state index in [0.29, 0.717) is 5.91 Å². The summed E-state index contributed by atoms with van der Waals surface area (Å²) < 4.78 is 0. The third kappa shape index (κ3) is 13.1. The maximum atomic E-state index is 12.0. The third-order valence-electron chi connectivity index (χ3n) is 5.36. The van der Waals surface area contributed by atoms with Crippen molar-refractivity contribution in [2.45, 2.75) is 116 Å². The standard InChI is InChI=1S/C23H43NO/c1-2-3-4-5-6-7-8-9-10-11-12-13-14-15-17-20-23(25)24-21-18-16-19-22-24/h9-10H,2-8,11-22H2,1H3/b10-9-. The summed E-state index contributed by atoms with van der Waals surface area (Å²) in [5.41, 5.74) is 0. The fraction of sp³-hybridized carbons (Fsp3) is 0.870. The van der Waals surface area contributed by atoms with Gasteiger partial charge in [-0.1, -0.05) is 70.4 Å². The van der Waals surface area contributed by atoms with Gasteiger partial charge in [-0.25, -0.2) is 0 Å². The fourth-order valence-corrected chi connectivity index (χ4v) is 3.65. The van der Waals surface area contributed by atoms with Gasteiger partial charge in [0, 0.05) is 19.5 Å². The Balaban J connectivity index is 1.79. The predicted octanol–water partition coefficient (Wildman–Crippen LogP) is 7.04. The lowest BCUT2D eigenvalue weighted by atomic mass is 10.1. The average Bonchev–Trinajstić information content (AvgIpc) is 2.65. The minimum Gasteiger partial charge on any atom is -0.343 e. The van der Waals surface area contributed by atoms with E-state index in [1.54, 1.807) is 0 Å². The van der Waals surface area contributed by atoms with Crippen LogP contribution in [0, 0.1) is 0 Å². The van der Waals surface area contributed by atoms with Gasteiger partial charge in [0.1, 0.15) is 0 Å². The first-order valence-electron chi connectivity index (χ1n) is 11.3. The molecule has 1 fully saturated rings. The number of amides is 1. The summed E-state index contributed by atoms with van der Waals surface area (Å²) in [5, 5.41) is 0. The number of unbranched alkanes of at least 4 members (excludes halogenated alkanes) is 11. The van der Waals surface area contributed by atoms with Gasteiger partial charge in [0.15, 0.2) is 0 Å². The lowest BCUT2D eigenvalue weighted by molar-refractivity contribution is -0.132. The number of allylic oxidation sites excluding steroid dienone is 2. The molecule has 0 aromatic rings. The molecule has 1 aliphatic rings. The molecule has 0 aliphatic carbocycles. The monoisotopic (exact) mass is 349 g/mol. The molecule has 1 saturated heterocycles. The zero-order chi connectivity index (χ0) is 18.0. The Labute approximate surface area is 157 Å². The normalized spacial score (nSPS) is 15.2. The lowest BCUT2D eigenvalue weighted by Gasteiger charge is -2.26. The molecule has 2 nitrogen and oxygen atoms in total. The minimum atomic E-state index is 0.400. The summed E-state index contributed by atoms with van der Waals surface area (Å²) in [6.45, 7) is 4.28. The summed E-state index contributed by atoms with van der Waals surface area (Å²) in [7, 11) is 0. The summed E-state index contributed by atoms with van der Waals surface area (Å²) in [6.07, 6.45) is 26.4. The SMILES string of the molecule is CCCCCCCC/C=C\CCCCCCCC(=O)N1CCCCC1. The van der Waals surface area contributed by atoms with Gasteiger partial charge in [0.2, 0.25) is 5.91 Å². The molecule has 1 aliphatic heterocycles.